The molecule has 0 heterocycles. The Balaban J connectivity index is 2.75. The lowest BCUT2D eigenvalue weighted by Crippen LogP contribution is -2.49. The summed E-state index contributed by atoms with van der Waals surface area (Å²) in [6, 6.07) is 7.84. The average molecular weight is 270 g/mol. The van der Waals surface area contributed by atoms with Crippen molar-refractivity contribution in [2.75, 3.05) is 6.54 Å². The highest BCUT2D eigenvalue weighted by molar-refractivity contribution is 6.30. The van der Waals surface area contributed by atoms with Crippen molar-refractivity contribution in [1.82, 2.24) is 5.32 Å². The van der Waals surface area contributed by atoms with Gasteiger partial charge in [0.05, 0.1) is 0 Å². The molecule has 0 fully saturated rings. The number of ether oxygens (including phenoxy) is 1. The zero-order chi connectivity index (χ0) is 13.8. The summed E-state index contributed by atoms with van der Waals surface area (Å²) < 4.78 is 5.99. The second-order valence-corrected chi connectivity index (χ2v) is 6.12. The van der Waals surface area contributed by atoms with Crippen molar-refractivity contribution in [3.8, 4) is 5.75 Å². The van der Waals surface area contributed by atoms with Crippen molar-refractivity contribution in [2.45, 2.75) is 46.8 Å². The van der Waals surface area contributed by atoms with Gasteiger partial charge in [-0.25, -0.2) is 0 Å². The van der Waals surface area contributed by atoms with Crippen molar-refractivity contribution in [1.29, 1.82) is 0 Å². The smallest absolute Gasteiger partial charge is 0.121 e. The van der Waals surface area contributed by atoms with Crippen molar-refractivity contribution in [2.24, 2.45) is 5.41 Å². The molecule has 1 aromatic carbocycles. The summed E-state index contributed by atoms with van der Waals surface area (Å²) in [6.45, 7) is 11.8. The molecule has 1 aromatic rings. The Morgan fingerprint density at radius 2 is 2.00 bits per heavy atom. The van der Waals surface area contributed by atoms with Gasteiger partial charge in [-0.15, -0.1) is 0 Å². The van der Waals surface area contributed by atoms with E-state index in [-0.39, 0.29) is 11.5 Å². The largest absolute Gasteiger partial charge is 0.489 e. The van der Waals surface area contributed by atoms with Gasteiger partial charge in [0.15, 0.2) is 0 Å². The predicted molar refractivity (Wildman–Crippen MR) is 78.5 cm³/mol. The van der Waals surface area contributed by atoms with E-state index in [2.05, 4.69) is 39.9 Å². The molecule has 0 aromatic heterocycles. The van der Waals surface area contributed by atoms with Gasteiger partial charge in [0.1, 0.15) is 11.9 Å². The SMILES string of the molecule is CCNC(C(C)Oc1cccc(Cl)c1)C(C)(C)C. The molecule has 0 bridgehead atoms. The monoisotopic (exact) mass is 269 g/mol. The Labute approximate surface area is 116 Å². The van der Waals surface area contributed by atoms with Gasteiger partial charge >= 0.3 is 0 Å². The third kappa shape index (κ3) is 4.51. The summed E-state index contributed by atoms with van der Waals surface area (Å²) in [4.78, 5) is 0. The van der Waals surface area contributed by atoms with Gasteiger partial charge in [0.2, 0.25) is 0 Å². The quantitative estimate of drug-likeness (QED) is 0.868. The lowest BCUT2D eigenvalue weighted by atomic mass is 9.83. The van der Waals surface area contributed by atoms with Crippen molar-refractivity contribution >= 4 is 11.6 Å². The molecule has 0 amide bonds. The van der Waals surface area contributed by atoms with Gasteiger partial charge < -0.3 is 10.1 Å². The Morgan fingerprint density at radius 1 is 1.33 bits per heavy atom. The summed E-state index contributed by atoms with van der Waals surface area (Å²) in [5.41, 5.74) is 0.147. The molecule has 2 unspecified atom stereocenters. The van der Waals surface area contributed by atoms with Gasteiger partial charge in [-0.05, 0) is 37.1 Å². The molecule has 2 nitrogen and oxygen atoms in total. The molecule has 2 atom stereocenters. The highest BCUT2D eigenvalue weighted by Gasteiger charge is 2.30. The minimum absolute atomic E-state index is 0.0865. The van der Waals surface area contributed by atoms with Gasteiger partial charge in [-0.2, -0.15) is 0 Å². The predicted octanol–water partition coefficient (Wildman–Crippen LogP) is 4.13. The second-order valence-electron chi connectivity index (χ2n) is 5.68. The van der Waals surface area contributed by atoms with Crippen LogP contribution in [0.4, 0.5) is 0 Å². The zero-order valence-corrected chi connectivity index (χ0v) is 12.7. The number of nitrogens with one attached hydrogen (secondary N) is 1. The van der Waals surface area contributed by atoms with Crippen LogP contribution in [0.3, 0.4) is 0 Å². The minimum Gasteiger partial charge on any atom is -0.489 e. The van der Waals surface area contributed by atoms with Crippen molar-refractivity contribution < 1.29 is 4.74 Å². The first-order chi connectivity index (χ1) is 8.34. The third-order valence-corrected chi connectivity index (χ3v) is 3.18. The number of likely N-dealkylation sites (N-methyl/N-ethyl adjacent to an activating group) is 1. The lowest BCUT2D eigenvalue weighted by molar-refractivity contribution is 0.105. The fraction of sp³-hybridized carbons (Fsp3) is 0.600. The van der Waals surface area contributed by atoms with Crippen LogP contribution >= 0.6 is 11.6 Å². The van der Waals surface area contributed by atoms with Crippen LogP contribution in [0.15, 0.2) is 24.3 Å². The standard InChI is InChI=1S/C15H24ClNO/c1-6-17-14(15(3,4)5)11(2)18-13-9-7-8-12(16)10-13/h7-11,14,17H,6H2,1-5H3. The van der Waals surface area contributed by atoms with Gasteiger partial charge in [0.25, 0.3) is 0 Å². The molecule has 0 aliphatic heterocycles. The van der Waals surface area contributed by atoms with Crippen LogP contribution in [0, 0.1) is 5.41 Å². The molecule has 0 spiro atoms. The maximum Gasteiger partial charge on any atom is 0.121 e. The summed E-state index contributed by atoms with van der Waals surface area (Å²) in [7, 11) is 0. The van der Waals surface area contributed by atoms with Crippen LogP contribution in [-0.4, -0.2) is 18.7 Å². The van der Waals surface area contributed by atoms with Crippen LogP contribution in [-0.2, 0) is 0 Å². The summed E-state index contributed by atoms with van der Waals surface area (Å²) >= 11 is 5.96. The first kappa shape index (κ1) is 15.3. The van der Waals surface area contributed by atoms with E-state index in [0.29, 0.717) is 11.1 Å². The fourth-order valence-electron chi connectivity index (χ4n) is 2.22. The van der Waals surface area contributed by atoms with E-state index < -0.39 is 0 Å². The number of hydrogen-bond acceptors (Lipinski definition) is 2. The third-order valence-electron chi connectivity index (χ3n) is 2.94. The molecule has 0 aliphatic rings. The zero-order valence-electron chi connectivity index (χ0n) is 12.0. The Hall–Kier alpha value is -0.730. The van der Waals surface area contributed by atoms with E-state index >= 15 is 0 Å². The highest BCUT2D eigenvalue weighted by Crippen LogP contribution is 2.26. The minimum atomic E-state index is 0.0865. The number of hydrogen-bond donors (Lipinski definition) is 1. The molecule has 0 radical (unpaired) electrons. The Bertz CT molecular complexity index is 373. The molecule has 1 rings (SSSR count). The van der Waals surface area contributed by atoms with Crippen LogP contribution in [0.2, 0.25) is 5.02 Å². The maximum absolute atomic E-state index is 5.99. The summed E-state index contributed by atoms with van der Waals surface area (Å²) in [5.74, 6) is 0.821. The van der Waals surface area contributed by atoms with E-state index in [0.717, 1.165) is 12.3 Å². The number of rotatable bonds is 5. The van der Waals surface area contributed by atoms with E-state index in [1.165, 1.54) is 0 Å². The first-order valence-corrected chi connectivity index (χ1v) is 6.88. The Morgan fingerprint density at radius 3 is 2.50 bits per heavy atom. The fourth-order valence-corrected chi connectivity index (χ4v) is 2.40. The first-order valence-electron chi connectivity index (χ1n) is 6.50. The molecule has 0 aliphatic carbocycles. The van der Waals surface area contributed by atoms with Crippen LogP contribution in [0.25, 0.3) is 0 Å². The molecular weight excluding hydrogens is 246 g/mol. The van der Waals surface area contributed by atoms with E-state index in [9.17, 15) is 0 Å². The number of benzene rings is 1. The van der Waals surface area contributed by atoms with Crippen molar-refractivity contribution in [3.63, 3.8) is 0 Å². The lowest BCUT2D eigenvalue weighted by Gasteiger charge is -2.36. The highest BCUT2D eigenvalue weighted by atomic mass is 35.5. The normalized spacial score (nSPS) is 15.2. The van der Waals surface area contributed by atoms with E-state index in [1.807, 2.05) is 24.3 Å². The van der Waals surface area contributed by atoms with Gasteiger partial charge in [-0.3, -0.25) is 0 Å². The van der Waals surface area contributed by atoms with E-state index in [1.54, 1.807) is 0 Å². The van der Waals surface area contributed by atoms with E-state index in [4.69, 9.17) is 16.3 Å². The van der Waals surface area contributed by atoms with Crippen LogP contribution in [0.5, 0.6) is 5.75 Å². The molecule has 0 saturated heterocycles. The molecular formula is C15H24ClNO. The molecule has 102 valence electrons. The summed E-state index contributed by atoms with van der Waals surface area (Å²) in [6.07, 6.45) is 0.0865. The Kier molecular flexibility index (Phi) is 5.48. The maximum atomic E-state index is 5.99. The molecule has 0 saturated carbocycles. The van der Waals surface area contributed by atoms with Crippen molar-refractivity contribution in [3.05, 3.63) is 29.3 Å². The van der Waals surface area contributed by atoms with Gasteiger partial charge in [-0.1, -0.05) is 45.4 Å². The van der Waals surface area contributed by atoms with Crippen LogP contribution in [0.1, 0.15) is 34.6 Å². The average Bonchev–Trinajstić information content (AvgIpc) is 2.24. The summed E-state index contributed by atoms with van der Waals surface area (Å²) in [5, 5.41) is 4.20. The second kappa shape index (κ2) is 6.44. The number of halogens is 1. The molecule has 18 heavy (non-hydrogen) atoms. The molecule has 1 N–H and O–H groups in total. The molecule has 3 heteroatoms. The topological polar surface area (TPSA) is 21.3 Å². The van der Waals surface area contributed by atoms with Crippen LogP contribution < -0.4 is 10.1 Å². The van der Waals surface area contributed by atoms with Gasteiger partial charge in [0, 0.05) is 11.1 Å².